The number of aromatic nitrogens is 4. The first kappa shape index (κ1) is 73.5. The number of rotatable bonds is 33. The first-order chi connectivity index (χ1) is 34.4. The third-order valence-corrected chi connectivity index (χ3v) is 9.32. The second-order valence-corrected chi connectivity index (χ2v) is 14.6. The zero-order valence-electron chi connectivity index (χ0n) is 38.9. The largest absolute Gasteiger partial charge is 1.00 e. The van der Waals surface area contributed by atoms with Crippen molar-refractivity contribution in [3.8, 4) is 0 Å². The smallest absolute Gasteiger partial charge is 1.00 e. The van der Waals surface area contributed by atoms with E-state index in [4.69, 9.17) is 19.1 Å². The summed E-state index contributed by atoms with van der Waals surface area (Å²) < 4.78 is 25.1. The zero-order chi connectivity index (χ0) is 56.4. The molecular weight excluding hydrogens is 1120 g/mol. The maximum Gasteiger partial charge on any atom is -1.00 e. The SMILES string of the molecule is O=C(O)CC[C@H](NC(=O)N[C@@H](CCC(=O)N[C@@H](CCCCN(Cc1nccn1CC(=O)N(CC(=O)O)CC(=O)O)Cc1nccn1CC(=O)N(CC(=O)O)CC(=O)O)C(=O)O)C(=O)O)C(=O)O.[99Tc].[C-]#[O+].[C-]#[O+].[C-]#[O+].[Cl-]. The number of carboxylic acid groups (broad SMARTS) is 8. The quantitative estimate of drug-likeness (QED) is 0.0180. The van der Waals surface area contributed by atoms with E-state index in [0.717, 1.165) is 0 Å². The van der Waals surface area contributed by atoms with Crippen LogP contribution >= 0.6 is 0 Å². The second kappa shape index (κ2) is 40.5. The van der Waals surface area contributed by atoms with Crippen molar-refractivity contribution in [2.24, 2.45) is 0 Å². The number of imidazole rings is 2. The number of carbonyl (C=O) groups excluding carboxylic acids is 4. The number of hydrogen-bond acceptors (Lipinski definition) is 15. The molecule has 0 spiro atoms. The molecule has 2 aromatic heterocycles. The molecule has 2 aromatic rings. The molecule has 75 heavy (non-hydrogen) atoms. The van der Waals surface area contributed by atoms with Gasteiger partial charge in [0.25, 0.3) is 0 Å². The van der Waals surface area contributed by atoms with Crippen LogP contribution in [0.1, 0.15) is 56.6 Å². The van der Waals surface area contributed by atoms with Gasteiger partial charge in [-0.25, -0.2) is 29.1 Å². The summed E-state index contributed by atoms with van der Waals surface area (Å²) in [7, 11) is 0. The average Bonchev–Trinajstić information content (AvgIpc) is 3.95. The average molecular weight is 1170 g/mol. The van der Waals surface area contributed by atoms with Crippen LogP contribution in [0.5, 0.6) is 0 Å². The third-order valence-electron chi connectivity index (χ3n) is 9.32. The van der Waals surface area contributed by atoms with Crippen LogP contribution in [0.4, 0.5) is 4.79 Å². The number of carboxylic acids is 8. The molecule has 0 saturated carbocycles. The summed E-state index contributed by atoms with van der Waals surface area (Å²) in [6.45, 7) is 8.68. The zero-order valence-corrected chi connectivity index (χ0v) is 41.6. The number of carbonyl (C=O) groups is 12. The van der Waals surface area contributed by atoms with Crippen LogP contribution in [0.15, 0.2) is 24.8 Å². The van der Waals surface area contributed by atoms with Crippen molar-refractivity contribution in [2.45, 2.75) is 89.3 Å². The van der Waals surface area contributed by atoms with Gasteiger partial charge in [0, 0.05) is 57.7 Å². The number of urea groups is 1. The van der Waals surface area contributed by atoms with E-state index in [-0.39, 0.29) is 83.1 Å². The van der Waals surface area contributed by atoms with Gasteiger partial charge < -0.3 is 88.1 Å². The Bertz CT molecular complexity index is 2170. The molecule has 5 amide bonds. The van der Waals surface area contributed by atoms with E-state index >= 15 is 0 Å². The van der Waals surface area contributed by atoms with Crippen molar-refractivity contribution in [2.75, 3.05) is 32.7 Å². The summed E-state index contributed by atoms with van der Waals surface area (Å²) >= 11 is 0. The van der Waals surface area contributed by atoms with Gasteiger partial charge in [0.2, 0.25) is 17.7 Å². The molecule has 0 unspecified atom stereocenters. The first-order valence-electron chi connectivity index (χ1n) is 20.5. The molecule has 0 aliphatic heterocycles. The Kier molecular flexibility index (Phi) is 39.7. The molecule has 2 heterocycles. The van der Waals surface area contributed by atoms with E-state index in [0.29, 0.717) is 9.80 Å². The van der Waals surface area contributed by atoms with Gasteiger partial charge in [-0.1, -0.05) is 0 Å². The van der Waals surface area contributed by atoms with E-state index in [2.05, 4.69) is 35.2 Å². The first-order valence-corrected chi connectivity index (χ1v) is 20.5. The molecule has 2 rings (SSSR count). The van der Waals surface area contributed by atoms with Gasteiger partial charge in [-0.3, -0.25) is 43.3 Å². The monoisotopic (exact) mass is 1170 g/mol. The maximum absolute atomic E-state index is 13.0. The van der Waals surface area contributed by atoms with Crippen molar-refractivity contribution >= 4 is 71.5 Å². The van der Waals surface area contributed by atoms with Crippen LogP contribution in [0.2, 0.25) is 0 Å². The standard InChI is InChI=1S/C37H50N10O20.3CO.ClH.Tc/c48-26(6-4-22(35(63)64)41-37(67)42-23(36(65)66)5-7-29(51)52)40-21(34(61)62)3-1-2-10-43(13-24-38-8-11-44(24)15-27(49)46(17-30(53)54)18-31(55)56)14-25-39-9-12-45(25)16-28(50)47(19-32(57)58)20-33(59)60;3*1-2;;/h8-9,11-12,21-23H,1-7,10,13-20H2,(H,40,48)(H,51,52)(H,53,54)(H,55,56)(H,57,58)(H,59,60)(H,61,62)(H,63,64)(H,65,66)(H2,41,42,67);;;;1H;/p-1/t21-,22-,23-;;;;;/m0...../s1/i;;;;;1+1. The van der Waals surface area contributed by atoms with E-state index in [1.165, 1.54) is 33.9 Å². The van der Waals surface area contributed by atoms with Crippen molar-refractivity contribution in [1.29, 1.82) is 0 Å². The number of aliphatic carboxylic acids is 8. The van der Waals surface area contributed by atoms with Gasteiger partial charge in [-0.05, 0) is 38.6 Å². The molecule has 0 aromatic carbocycles. The summed E-state index contributed by atoms with van der Waals surface area (Å²) in [4.78, 5) is 154. The van der Waals surface area contributed by atoms with Crippen molar-refractivity contribution in [1.82, 2.24) is 49.8 Å². The van der Waals surface area contributed by atoms with Crippen LogP contribution < -0.4 is 28.4 Å². The predicted molar refractivity (Wildman–Crippen MR) is 228 cm³/mol. The van der Waals surface area contributed by atoms with E-state index in [9.17, 15) is 93.3 Å². The molecule has 33 nitrogen and oxygen atoms in total. The molecule has 0 fully saturated rings. The fourth-order valence-electron chi connectivity index (χ4n) is 6.12. The van der Waals surface area contributed by atoms with Gasteiger partial charge in [0.1, 0.15) is 69.0 Å². The van der Waals surface area contributed by atoms with Gasteiger partial charge in [-0.15, -0.1) is 0 Å². The Labute approximate surface area is 443 Å². The number of nitrogens with zero attached hydrogens (tertiary/aromatic N) is 7. The van der Waals surface area contributed by atoms with Gasteiger partial charge in [0.05, 0.1) is 13.1 Å². The van der Waals surface area contributed by atoms with Crippen LogP contribution in [-0.2, 0) is 113 Å². The van der Waals surface area contributed by atoms with Crippen LogP contribution in [0, 0.1) is 20.0 Å². The summed E-state index contributed by atoms with van der Waals surface area (Å²) in [6.07, 6.45) is 3.15. The molecule has 0 bridgehead atoms. The van der Waals surface area contributed by atoms with Crippen molar-refractivity contribution in [3.63, 3.8) is 0 Å². The van der Waals surface area contributed by atoms with E-state index in [1.807, 2.05) is 10.6 Å². The Balaban J connectivity index is -0.00000303. The topological polar surface area (TPSA) is 508 Å². The Morgan fingerprint density at radius 1 is 0.520 bits per heavy atom. The molecule has 3 atom stereocenters. The fourth-order valence-corrected chi connectivity index (χ4v) is 6.12. The number of unbranched alkanes of at least 4 members (excludes halogenated alkanes) is 1. The van der Waals surface area contributed by atoms with Crippen molar-refractivity contribution in [3.05, 3.63) is 56.4 Å². The van der Waals surface area contributed by atoms with Gasteiger partial charge >= 0.3 is 87.7 Å². The second-order valence-electron chi connectivity index (χ2n) is 14.6. The molecule has 1 radical (unpaired) electrons. The fraction of sp³-hybridized carbons (Fsp3) is 0.475. The summed E-state index contributed by atoms with van der Waals surface area (Å²) in [6, 6.07) is -6.22. The molecule has 413 valence electrons. The van der Waals surface area contributed by atoms with Gasteiger partial charge in [0.15, 0.2) is 0 Å². The minimum absolute atomic E-state index is 0. The summed E-state index contributed by atoms with van der Waals surface area (Å²) in [5.41, 5.74) is 0. The summed E-state index contributed by atoms with van der Waals surface area (Å²) in [5, 5.41) is 80.4. The molecule has 0 aliphatic rings. The predicted octanol–water partition coefficient (Wildman–Crippen LogP) is -6.44. The number of nitrogens with one attached hydrogen (secondary N) is 3. The number of hydrogen-bond donors (Lipinski definition) is 11. The summed E-state index contributed by atoms with van der Waals surface area (Å²) in [5.74, 6) is -14.2. The third kappa shape index (κ3) is 31.2. The van der Waals surface area contributed by atoms with Crippen molar-refractivity contribution < 1.29 is 145 Å². The maximum atomic E-state index is 13.0. The van der Waals surface area contributed by atoms with E-state index in [1.54, 1.807) is 4.90 Å². The van der Waals surface area contributed by atoms with Crippen LogP contribution in [0.25, 0.3) is 0 Å². The number of halogens is 1. The molecule has 35 heteroatoms. The van der Waals surface area contributed by atoms with Crippen LogP contribution in [-0.4, -0.2) is 197 Å². The minimum atomic E-state index is -1.75. The van der Waals surface area contributed by atoms with Gasteiger partial charge in [-0.2, -0.15) is 0 Å². The molecule has 0 saturated heterocycles. The van der Waals surface area contributed by atoms with E-state index < -0.39 is 155 Å². The normalized spacial score (nSPS) is 11.0. The molecular formula is C40H50ClN10O23Tc-. The van der Waals surface area contributed by atoms with Crippen LogP contribution in [0.3, 0.4) is 0 Å². The molecule has 11 N–H and O–H groups in total. The Morgan fingerprint density at radius 2 is 0.867 bits per heavy atom. The Hall–Kier alpha value is -8.02. The molecule has 0 aliphatic carbocycles. The minimum Gasteiger partial charge on any atom is -1.00 e. The Morgan fingerprint density at radius 3 is 1.20 bits per heavy atom. The number of amides is 5.